The van der Waals surface area contributed by atoms with Gasteiger partial charge in [-0.25, -0.2) is 4.79 Å². The third-order valence-electron chi connectivity index (χ3n) is 5.00. The average Bonchev–Trinajstić information content (AvgIpc) is 3.39. The second kappa shape index (κ2) is 7.51. The van der Waals surface area contributed by atoms with E-state index in [0.29, 0.717) is 24.7 Å². The van der Waals surface area contributed by atoms with E-state index in [9.17, 15) is 14.7 Å². The first-order valence-corrected chi connectivity index (χ1v) is 8.63. The van der Waals surface area contributed by atoms with Gasteiger partial charge in [-0.05, 0) is 29.4 Å². The highest BCUT2D eigenvalue weighted by atomic mass is 16.4. The first-order chi connectivity index (χ1) is 12.1. The van der Waals surface area contributed by atoms with Crippen molar-refractivity contribution in [2.45, 2.75) is 31.2 Å². The Kier molecular flexibility index (Phi) is 5.17. The maximum absolute atomic E-state index is 12.6. The highest BCUT2D eigenvalue weighted by Crippen LogP contribution is 2.49. The van der Waals surface area contributed by atoms with Gasteiger partial charge in [-0.15, -0.1) is 0 Å². The summed E-state index contributed by atoms with van der Waals surface area (Å²) in [6.07, 6.45) is 1.74. The summed E-state index contributed by atoms with van der Waals surface area (Å²) in [5.74, 6) is -0.304. The third kappa shape index (κ3) is 4.27. The van der Waals surface area contributed by atoms with Crippen molar-refractivity contribution in [3.8, 4) is 0 Å². The summed E-state index contributed by atoms with van der Waals surface area (Å²) < 4.78 is 0. The maximum atomic E-state index is 12.6. The fraction of sp³-hybridized carbons (Fsp3) is 0.333. The minimum Gasteiger partial charge on any atom is -0.480 e. The molecule has 1 aliphatic rings. The molecule has 1 amide bonds. The summed E-state index contributed by atoms with van der Waals surface area (Å²) in [6, 6.07) is 18.8. The molecule has 3 rings (SSSR count). The molecule has 25 heavy (non-hydrogen) atoms. The first kappa shape index (κ1) is 17.2. The number of amides is 1. The molecule has 0 aromatic heterocycles. The lowest BCUT2D eigenvalue weighted by Crippen LogP contribution is -2.44. The van der Waals surface area contributed by atoms with Crippen LogP contribution in [-0.4, -0.2) is 35.0 Å². The molecule has 0 aliphatic heterocycles. The second-order valence-corrected chi connectivity index (χ2v) is 6.77. The van der Waals surface area contributed by atoms with Crippen LogP contribution in [0.25, 0.3) is 0 Å². The minimum absolute atomic E-state index is 0.0910. The van der Waals surface area contributed by atoms with Crippen LogP contribution in [0, 0.1) is 5.92 Å². The van der Waals surface area contributed by atoms with Gasteiger partial charge in [-0.3, -0.25) is 4.79 Å². The molecular formula is C21H23NO3. The summed E-state index contributed by atoms with van der Waals surface area (Å²) in [5, 5.41) is 9.54. The van der Waals surface area contributed by atoms with E-state index < -0.39 is 12.0 Å². The fourth-order valence-electron chi connectivity index (χ4n) is 3.35. The van der Waals surface area contributed by atoms with Gasteiger partial charge in [0.05, 0.1) is 0 Å². The molecule has 0 bridgehead atoms. The Hall–Kier alpha value is -2.62. The standard InChI is InChI=1S/C21H23NO3/c1-22(19(21(24)25)12-15-8-4-2-5-9-15)20(23)14-17-13-18(17)16-10-6-3-7-11-16/h2-11,17-19H,12-14H2,1H3,(H,24,25)/t17-,18-,19?/m0/s1. The summed E-state index contributed by atoms with van der Waals surface area (Å²) in [4.78, 5) is 25.6. The number of benzene rings is 2. The quantitative estimate of drug-likeness (QED) is 0.843. The van der Waals surface area contributed by atoms with Crippen LogP contribution in [0.3, 0.4) is 0 Å². The molecule has 130 valence electrons. The molecule has 0 heterocycles. The molecule has 2 aromatic carbocycles. The second-order valence-electron chi connectivity index (χ2n) is 6.77. The SMILES string of the molecule is CN(C(=O)C[C@@H]1C[C@H]1c1ccccc1)C(Cc1ccccc1)C(=O)O. The van der Waals surface area contributed by atoms with Gasteiger partial charge < -0.3 is 10.0 Å². The average molecular weight is 337 g/mol. The maximum Gasteiger partial charge on any atom is 0.326 e. The normalized spacial score (nSPS) is 19.9. The van der Waals surface area contributed by atoms with Crippen molar-refractivity contribution >= 4 is 11.9 Å². The smallest absolute Gasteiger partial charge is 0.326 e. The molecule has 1 fully saturated rings. The number of aliphatic carboxylic acids is 1. The number of likely N-dealkylation sites (N-methyl/N-ethyl adjacent to an activating group) is 1. The predicted octanol–water partition coefficient (Wildman–Crippen LogP) is 3.33. The third-order valence-corrected chi connectivity index (χ3v) is 5.00. The van der Waals surface area contributed by atoms with E-state index in [4.69, 9.17) is 0 Å². The Balaban J connectivity index is 1.59. The molecule has 2 aromatic rings. The molecule has 4 heteroatoms. The van der Waals surface area contributed by atoms with Crippen LogP contribution in [0.1, 0.15) is 29.9 Å². The van der Waals surface area contributed by atoms with Gasteiger partial charge in [0.15, 0.2) is 0 Å². The molecule has 1 saturated carbocycles. The van der Waals surface area contributed by atoms with E-state index in [1.165, 1.54) is 10.5 Å². The molecule has 0 spiro atoms. The lowest BCUT2D eigenvalue weighted by molar-refractivity contribution is -0.149. The zero-order valence-electron chi connectivity index (χ0n) is 14.3. The zero-order chi connectivity index (χ0) is 17.8. The van der Waals surface area contributed by atoms with Crippen molar-refractivity contribution in [3.05, 3.63) is 71.8 Å². The summed E-state index contributed by atoms with van der Waals surface area (Å²) in [5.41, 5.74) is 2.19. The van der Waals surface area contributed by atoms with Gasteiger partial charge in [0.25, 0.3) is 0 Å². The van der Waals surface area contributed by atoms with Crippen LogP contribution in [0.5, 0.6) is 0 Å². The van der Waals surface area contributed by atoms with Gasteiger partial charge in [0.2, 0.25) is 5.91 Å². The van der Waals surface area contributed by atoms with Crippen LogP contribution in [0.15, 0.2) is 60.7 Å². The number of carbonyl (C=O) groups excluding carboxylic acids is 1. The van der Waals surface area contributed by atoms with Crippen molar-refractivity contribution in [1.29, 1.82) is 0 Å². The minimum atomic E-state index is -0.963. The Labute approximate surface area is 148 Å². The van der Waals surface area contributed by atoms with Crippen LogP contribution >= 0.6 is 0 Å². The number of rotatable bonds is 7. The molecule has 1 unspecified atom stereocenters. The van der Waals surface area contributed by atoms with Crippen molar-refractivity contribution in [2.75, 3.05) is 7.05 Å². The number of nitrogens with zero attached hydrogens (tertiary/aromatic N) is 1. The Morgan fingerprint density at radius 1 is 1.08 bits per heavy atom. The van der Waals surface area contributed by atoms with Crippen LogP contribution in [0.2, 0.25) is 0 Å². The largest absolute Gasteiger partial charge is 0.480 e. The zero-order valence-corrected chi connectivity index (χ0v) is 14.3. The molecule has 0 radical (unpaired) electrons. The first-order valence-electron chi connectivity index (χ1n) is 8.63. The topological polar surface area (TPSA) is 57.6 Å². The van der Waals surface area contributed by atoms with Gasteiger partial charge in [-0.1, -0.05) is 60.7 Å². The van der Waals surface area contributed by atoms with Gasteiger partial charge in [-0.2, -0.15) is 0 Å². The van der Waals surface area contributed by atoms with Crippen LogP contribution < -0.4 is 0 Å². The highest BCUT2D eigenvalue weighted by molar-refractivity contribution is 5.84. The number of carboxylic acid groups (broad SMARTS) is 1. The Morgan fingerprint density at radius 3 is 2.28 bits per heavy atom. The van der Waals surface area contributed by atoms with Crippen molar-refractivity contribution < 1.29 is 14.7 Å². The summed E-state index contributed by atoms with van der Waals surface area (Å²) in [6.45, 7) is 0. The molecule has 0 saturated heterocycles. The van der Waals surface area contributed by atoms with E-state index in [0.717, 1.165) is 12.0 Å². The predicted molar refractivity (Wildman–Crippen MR) is 96.2 cm³/mol. The molecular weight excluding hydrogens is 314 g/mol. The van der Waals surface area contributed by atoms with E-state index >= 15 is 0 Å². The van der Waals surface area contributed by atoms with E-state index in [1.807, 2.05) is 48.5 Å². The van der Waals surface area contributed by atoms with Gasteiger partial charge in [0, 0.05) is 19.9 Å². The summed E-state index contributed by atoms with van der Waals surface area (Å²) in [7, 11) is 1.60. The number of carbonyl (C=O) groups is 2. The fourth-order valence-corrected chi connectivity index (χ4v) is 3.35. The van der Waals surface area contributed by atoms with Crippen molar-refractivity contribution in [3.63, 3.8) is 0 Å². The van der Waals surface area contributed by atoms with E-state index in [1.54, 1.807) is 7.05 Å². The summed E-state index contributed by atoms with van der Waals surface area (Å²) >= 11 is 0. The highest BCUT2D eigenvalue weighted by Gasteiger charge is 2.41. The van der Waals surface area contributed by atoms with Crippen molar-refractivity contribution in [2.24, 2.45) is 5.92 Å². The monoisotopic (exact) mass is 337 g/mol. The Morgan fingerprint density at radius 2 is 1.68 bits per heavy atom. The van der Waals surface area contributed by atoms with Crippen molar-refractivity contribution in [1.82, 2.24) is 4.90 Å². The molecule has 3 atom stereocenters. The lowest BCUT2D eigenvalue weighted by atomic mass is 10.0. The van der Waals surface area contributed by atoms with Gasteiger partial charge in [0.1, 0.15) is 6.04 Å². The molecule has 1 aliphatic carbocycles. The molecule has 4 nitrogen and oxygen atoms in total. The number of hydrogen-bond donors (Lipinski definition) is 1. The number of hydrogen-bond acceptors (Lipinski definition) is 2. The van der Waals surface area contributed by atoms with Crippen LogP contribution in [-0.2, 0) is 16.0 Å². The lowest BCUT2D eigenvalue weighted by Gasteiger charge is -2.25. The Bertz CT molecular complexity index is 729. The van der Waals surface area contributed by atoms with Crippen LogP contribution in [0.4, 0.5) is 0 Å². The van der Waals surface area contributed by atoms with E-state index in [2.05, 4.69) is 12.1 Å². The van der Waals surface area contributed by atoms with E-state index in [-0.39, 0.29) is 5.91 Å². The van der Waals surface area contributed by atoms with Gasteiger partial charge >= 0.3 is 5.97 Å². The number of carboxylic acids is 1. The molecule has 1 N–H and O–H groups in total.